The van der Waals surface area contributed by atoms with E-state index in [1.807, 2.05) is 0 Å². The third kappa shape index (κ3) is 3.53. The van der Waals surface area contributed by atoms with Crippen molar-refractivity contribution in [3.8, 4) is 6.07 Å². The predicted octanol–water partition coefficient (Wildman–Crippen LogP) is 6.30. The molecule has 0 rings (SSSR count). The zero-order valence-corrected chi connectivity index (χ0v) is 12.8. The minimum atomic E-state index is -8.63. The van der Waals surface area contributed by atoms with Crippen molar-refractivity contribution in [3.05, 3.63) is 0 Å². The van der Waals surface area contributed by atoms with Gasteiger partial charge in [0.15, 0.2) is 0 Å². The molecule has 0 saturated carbocycles. The van der Waals surface area contributed by atoms with Crippen LogP contribution in [0.5, 0.6) is 0 Å². The number of rotatable bonds is 8. The zero-order valence-electron chi connectivity index (χ0n) is 12.8. The Hall–Kier alpha value is -1.70. The quantitative estimate of drug-likeness (QED) is 0.380. The lowest BCUT2D eigenvalue weighted by Crippen LogP contribution is -2.74. The van der Waals surface area contributed by atoms with Gasteiger partial charge in [0, 0.05) is 12.8 Å². The molecule has 0 heterocycles. The normalized spacial score (nSPS) is 16.0. The van der Waals surface area contributed by atoms with Crippen molar-refractivity contribution in [1.82, 2.24) is 0 Å². The van der Waals surface area contributed by atoms with Crippen LogP contribution in [0, 0.1) is 11.3 Å². The van der Waals surface area contributed by atoms with Gasteiger partial charge in [-0.15, -0.1) is 0 Å². The van der Waals surface area contributed by atoms with Gasteiger partial charge in [-0.3, -0.25) is 0 Å². The molecule has 0 aliphatic carbocycles. The molecule has 0 unspecified atom stereocenters. The molecule has 0 radical (unpaired) electrons. The summed E-state index contributed by atoms with van der Waals surface area (Å²) in [5, 5.41) is 7.89. The number of nitriles is 1. The molecule has 1 nitrogen and oxygen atoms in total. The number of nitrogens with zero attached hydrogens (tertiary/aromatic N) is 1. The molecule has 0 amide bonds. The Bertz CT molecular complexity index is 637. The second-order valence-corrected chi connectivity index (χ2v) is 5.31. The molecule has 0 saturated heterocycles. The summed E-state index contributed by atoms with van der Waals surface area (Å²) in [6, 6.07) is 0.639. The second kappa shape index (κ2) is 6.93. The molecule has 172 valence electrons. The minimum Gasteiger partial charge on any atom is -0.200 e. The van der Waals surface area contributed by atoms with Crippen LogP contribution in [0.15, 0.2) is 0 Å². The summed E-state index contributed by atoms with van der Waals surface area (Å²) < 4.78 is 218. The first kappa shape index (κ1) is 27.3. The van der Waals surface area contributed by atoms with Crippen LogP contribution in [0.1, 0.15) is 12.8 Å². The molecular weight excluding hydrogens is 469 g/mol. The average molecular weight is 473 g/mol. The minimum absolute atomic E-state index is 0.639. The molecule has 18 heteroatoms. The van der Waals surface area contributed by atoms with Crippen LogP contribution in [0.25, 0.3) is 0 Å². The second-order valence-electron chi connectivity index (χ2n) is 5.31. The summed E-state index contributed by atoms with van der Waals surface area (Å²) in [4.78, 5) is 0. The summed E-state index contributed by atoms with van der Waals surface area (Å²) in [5.41, 5.74) is 0. The van der Waals surface area contributed by atoms with E-state index < -0.39 is 60.5 Å². The van der Waals surface area contributed by atoms with Crippen LogP contribution in [0.3, 0.4) is 0 Å². The van der Waals surface area contributed by atoms with E-state index in [1.165, 1.54) is 0 Å². The largest absolute Gasteiger partial charge is 0.460 e. The molecule has 0 bridgehead atoms. The SMILES string of the molecule is N#CCCC(F)(F)C(F)(F)C(F)(F)C(F)(F)C(F)(F)C(F)(F)C(F)(F)C(F)(F)F. The fourth-order valence-corrected chi connectivity index (χ4v) is 1.57. The maximum absolute atomic E-state index is 13.2. The van der Waals surface area contributed by atoms with Gasteiger partial charge in [-0.25, -0.2) is 0 Å². The molecule has 0 aromatic carbocycles. The highest BCUT2D eigenvalue weighted by Gasteiger charge is 2.95. The van der Waals surface area contributed by atoms with Gasteiger partial charge in [0.2, 0.25) is 0 Å². The molecule has 0 atom stereocenters. The van der Waals surface area contributed by atoms with Crippen molar-refractivity contribution in [3.63, 3.8) is 0 Å². The summed E-state index contributed by atoms with van der Waals surface area (Å²) in [7, 11) is 0. The lowest BCUT2D eigenvalue weighted by molar-refractivity contribution is -0.461. The maximum Gasteiger partial charge on any atom is 0.460 e. The Morgan fingerprint density at radius 3 is 1.00 bits per heavy atom. The van der Waals surface area contributed by atoms with Gasteiger partial charge in [-0.2, -0.15) is 79.9 Å². The van der Waals surface area contributed by atoms with Gasteiger partial charge in [0.05, 0.1) is 6.07 Å². The lowest BCUT2D eigenvalue weighted by atomic mass is 9.88. The summed E-state index contributed by atoms with van der Waals surface area (Å²) in [5.74, 6) is -56.4. The molecule has 0 spiro atoms. The highest BCUT2D eigenvalue weighted by molar-refractivity contribution is 5.15. The van der Waals surface area contributed by atoms with E-state index in [1.54, 1.807) is 0 Å². The summed E-state index contributed by atoms with van der Waals surface area (Å²) in [6.07, 6.45) is -12.3. The monoisotopic (exact) mass is 473 g/mol. The van der Waals surface area contributed by atoms with Crippen molar-refractivity contribution in [2.45, 2.75) is 60.5 Å². The van der Waals surface area contributed by atoms with Crippen LogP contribution in [-0.2, 0) is 0 Å². The fraction of sp³-hybridized carbons (Fsp3) is 0.909. The number of halogens is 17. The summed E-state index contributed by atoms with van der Waals surface area (Å²) in [6.45, 7) is 0. The van der Waals surface area contributed by atoms with Gasteiger partial charge < -0.3 is 0 Å². The first-order chi connectivity index (χ1) is 12.3. The van der Waals surface area contributed by atoms with E-state index in [9.17, 15) is 74.6 Å². The third-order valence-corrected chi connectivity index (χ3v) is 3.34. The zero-order chi connectivity index (χ0) is 24.1. The van der Waals surface area contributed by atoms with Crippen LogP contribution in [0.2, 0.25) is 0 Å². The van der Waals surface area contributed by atoms with E-state index in [2.05, 4.69) is 0 Å². The van der Waals surface area contributed by atoms with Crippen molar-refractivity contribution < 1.29 is 74.6 Å². The number of alkyl halides is 17. The highest BCUT2D eigenvalue weighted by Crippen LogP contribution is 2.64. The van der Waals surface area contributed by atoms with Crippen molar-refractivity contribution in [2.24, 2.45) is 0 Å². The Kier molecular flexibility index (Phi) is 6.52. The van der Waals surface area contributed by atoms with Crippen molar-refractivity contribution >= 4 is 0 Å². The van der Waals surface area contributed by atoms with E-state index in [-0.39, 0.29) is 0 Å². The topological polar surface area (TPSA) is 23.8 Å². The van der Waals surface area contributed by atoms with Crippen molar-refractivity contribution in [1.29, 1.82) is 5.26 Å². The van der Waals surface area contributed by atoms with E-state index in [4.69, 9.17) is 5.26 Å². The van der Waals surface area contributed by atoms with Crippen LogP contribution in [0.4, 0.5) is 74.6 Å². The van der Waals surface area contributed by atoms with Crippen LogP contribution >= 0.6 is 0 Å². The molecule has 29 heavy (non-hydrogen) atoms. The lowest BCUT2D eigenvalue weighted by Gasteiger charge is -2.42. The Morgan fingerprint density at radius 1 is 0.448 bits per heavy atom. The van der Waals surface area contributed by atoms with Crippen LogP contribution < -0.4 is 0 Å². The van der Waals surface area contributed by atoms with E-state index in [0.717, 1.165) is 0 Å². The van der Waals surface area contributed by atoms with Crippen LogP contribution in [-0.4, -0.2) is 47.6 Å². The number of hydrogen-bond donors (Lipinski definition) is 0. The molecule has 0 fully saturated rings. The molecule has 0 N–H and O–H groups in total. The van der Waals surface area contributed by atoms with E-state index >= 15 is 0 Å². The van der Waals surface area contributed by atoms with Gasteiger partial charge in [0.1, 0.15) is 0 Å². The molecule has 0 aliphatic heterocycles. The molecule has 0 aromatic heterocycles. The fourth-order valence-electron chi connectivity index (χ4n) is 1.57. The Morgan fingerprint density at radius 2 is 0.724 bits per heavy atom. The smallest absolute Gasteiger partial charge is 0.200 e. The van der Waals surface area contributed by atoms with Crippen molar-refractivity contribution in [2.75, 3.05) is 0 Å². The summed E-state index contributed by atoms with van der Waals surface area (Å²) >= 11 is 0. The first-order valence-corrected chi connectivity index (χ1v) is 6.39. The first-order valence-electron chi connectivity index (χ1n) is 6.39. The van der Waals surface area contributed by atoms with Gasteiger partial charge in [0.25, 0.3) is 0 Å². The van der Waals surface area contributed by atoms with Gasteiger partial charge >= 0.3 is 47.6 Å². The predicted molar refractivity (Wildman–Crippen MR) is 55.5 cm³/mol. The number of hydrogen-bond acceptors (Lipinski definition) is 1. The maximum atomic E-state index is 13.2. The molecule has 0 aliphatic rings. The standard InChI is InChI=1S/C11H4F17N/c12-4(13,2-1-3-29)5(14,15)6(16,17)7(18,19)8(20,21)9(22,23)10(24,25)11(26,27)28/h1-2H2. The van der Waals surface area contributed by atoms with Gasteiger partial charge in [-0.1, -0.05) is 0 Å². The molecule has 0 aromatic rings. The van der Waals surface area contributed by atoms with Gasteiger partial charge in [-0.05, 0) is 0 Å². The Balaban J connectivity index is 6.62. The average Bonchev–Trinajstić information content (AvgIpc) is 2.50. The molecular formula is C11H4F17N. The highest BCUT2D eigenvalue weighted by atomic mass is 19.4. The van der Waals surface area contributed by atoms with E-state index in [0.29, 0.717) is 6.07 Å². The Labute approximate surface area is 148 Å². The third-order valence-electron chi connectivity index (χ3n) is 3.34.